The lowest BCUT2D eigenvalue weighted by molar-refractivity contribution is 0.475. The largest absolute Gasteiger partial charge is 0.508 e. The van der Waals surface area contributed by atoms with Gasteiger partial charge < -0.3 is 10.0 Å². The lowest BCUT2D eigenvalue weighted by Crippen LogP contribution is -2.13. The van der Waals surface area contributed by atoms with Crippen molar-refractivity contribution in [3.8, 4) is 5.75 Å². The van der Waals surface area contributed by atoms with Gasteiger partial charge in [0.15, 0.2) is 0 Å². The van der Waals surface area contributed by atoms with Crippen molar-refractivity contribution in [1.82, 2.24) is 0 Å². The Morgan fingerprint density at radius 1 is 0.875 bits per heavy atom. The van der Waals surface area contributed by atoms with Gasteiger partial charge in [-0.25, -0.2) is 0 Å². The fraction of sp³-hybridized carbons (Fsp3) is 0.0769. The molecule has 0 atom stereocenters. The normalized spacial score (nSPS) is 10.1. The van der Waals surface area contributed by atoms with Crippen LogP contribution in [0.3, 0.4) is 0 Å². The average Bonchev–Trinajstić information content (AvgIpc) is 2.34. The highest BCUT2D eigenvalue weighted by molar-refractivity contribution is 6.19. The highest BCUT2D eigenvalue weighted by atomic mass is 35.5. The molecule has 2 rings (SSSR count). The zero-order valence-corrected chi connectivity index (χ0v) is 9.43. The summed E-state index contributed by atoms with van der Waals surface area (Å²) in [7, 11) is 0. The van der Waals surface area contributed by atoms with E-state index in [2.05, 4.69) is 0 Å². The Morgan fingerprint density at radius 2 is 1.44 bits per heavy atom. The van der Waals surface area contributed by atoms with Gasteiger partial charge >= 0.3 is 0 Å². The van der Waals surface area contributed by atoms with Gasteiger partial charge in [0.05, 0.1) is 6.00 Å². The average molecular weight is 234 g/mol. The van der Waals surface area contributed by atoms with Gasteiger partial charge in [-0.05, 0) is 36.4 Å². The molecule has 0 heterocycles. The Balaban J connectivity index is 2.33. The van der Waals surface area contributed by atoms with Crippen LogP contribution in [0.2, 0.25) is 0 Å². The summed E-state index contributed by atoms with van der Waals surface area (Å²) in [5.41, 5.74) is 1.99. The van der Waals surface area contributed by atoms with Crippen LogP contribution in [-0.4, -0.2) is 11.1 Å². The van der Waals surface area contributed by atoms with Crippen molar-refractivity contribution in [1.29, 1.82) is 0 Å². The standard InChI is InChI=1S/C13H12ClNO/c14-10-15(11-4-2-1-3-5-11)12-6-8-13(16)9-7-12/h1-9,16H,10H2. The molecule has 2 nitrogen and oxygen atoms in total. The first kappa shape index (κ1) is 10.8. The predicted octanol–water partition coefficient (Wildman–Crippen LogP) is 3.73. The van der Waals surface area contributed by atoms with Crippen LogP contribution in [0.5, 0.6) is 5.75 Å². The van der Waals surface area contributed by atoms with Crippen molar-refractivity contribution in [3.63, 3.8) is 0 Å². The molecule has 0 aliphatic heterocycles. The second-order valence-electron chi connectivity index (χ2n) is 3.40. The lowest BCUT2D eigenvalue weighted by Gasteiger charge is -2.21. The number of benzene rings is 2. The second-order valence-corrected chi connectivity index (χ2v) is 3.64. The first-order valence-electron chi connectivity index (χ1n) is 4.99. The summed E-state index contributed by atoms with van der Waals surface area (Å²) < 4.78 is 0. The number of nitrogens with zero attached hydrogens (tertiary/aromatic N) is 1. The van der Waals surface area contributed by atoms with Crippen LogP contribution in [0.15, 0.2) is 54.6 Å². The Bertz CT molecular complexity index is 441. The Labute approximate surface area is 99.7 Å². The third-order valence-electron chi connectivity index (χ3n) is 2.35. The van der Waals surface area contributed by atoms with Crippen LogP contribution in [0.4, 0.5) is 11.4 Å². The van der Waals surface area contributed by atoms with Crippen LogP contribution in [0.25, 0.3) is 0 Å². The predicted molar refractivity (Wildman–Crippen MR) is 67.4 cm³/mol. The van der Waals surface area contributed by atoms with Gasteiger partial charge in [0, 0.05) is 11.4 Å². The monoisotopic (exact) mass is 233 g/mol. The summed E-state index contributed by atoms with van der Waals surface area (Å²) in [5, 5.41) is 9.23. The number of alkyl halides is 1. The maximum atomic E-state index is 9.23. The molecule has 0 saturated heterocycles. The van der Waals surface area contributed by atoms with E-state index in [1.165, 1.54) is 0 Å². The molecule has 0 bridgehead atoms. The molecule has 16 heavy (non-hydrogen) atoms. The maximum Gasteiger partial charge on any atom is 0.115 e. The minimum Gasteiger partial charge on any atom is -0.508 e. The summed E-state index contributed by atoms with van der Waals surface area (Å²) in [6.07, 6.45) is 0. The number of hydrogen-bond donors (Lipinski definition) is 1. The molecule has 0 aliphatic rings. The zero-order valence-electron chi connectivity index (χ0n) is 8.68. The van der Waals surface area contributed by atoms with Gasteiger partial charge in [0.1, 0.15) is 5.75 Å². The smallest absolute Gasteiger partial charge is 0.115 e. The van der Waals surface area contributed by atoms with Gasteiger partial charge in [-0.1, -0.05) is 18.2 Å². The van der Waals surface area contributed by atoms with Gasteiger partial charge in [0.25, 0.3) is 0 Å². The first-order valence-corrected chi connectivity index (χ1v) is 5.52. The lowest BCUT2D eigenvalue weighted by atomic mass is 10.2. The number of aromatic hydroxyl groups is 1. The highest BCUT2D eigenvalue weighted by Crippen LogP contribution is 2.26. The summed E-state index contributed by atoms with van der Waals surface area (Å²) in [6.45, 7) is 0. The van der Waals surface area contributed by atoms with Gasteiger partial charge in [0.2, 0.25) is 0 Å². The van der Waals surface area contributed by atoms with E-state index in [9.17, 15) is 5.11 Å². The third-order valence-corrected chi connectivity index (χ3v) is 2.59. The molecule has 0 radical (unpaired) electrons. The van der Waals surface area contributed by atoms with Crippen molar-refractivity contribution in [2.75, 3.05) is 10.9 Å². The highest BCUT2D eigenvalue weighted by Gasteiger charge is 2.06. The van der Waals surface area contributed by atoms with Crippen molar-refractivity contribution in [2.45, 2.75) is 0 Å². The van der Waals surface area contributed by atoms with Crippen LogP contribution in [-0.2, 0) is 0 Å². The summed E-state index contributed by atoms with van der Waals surface area (Å²) in [4.78, 5) is 1.96. The molecule has 3 heteroatoms. The zero-order chi connectivity index (χ0) is 11.4. The summed E-state index contributed by atoms with van der Waals surface area (Å²) >= 11 is 5.94. The molecule has 2 aromatic rings. The molecule has 82 valence electrons. The molecule has 0 amide bonds. The molecule has 0 saturated carbocycles. The second kappa shape index (κ2) is 4.90. The third kappa shape index (κ3) is 2.28. The van der Waals surface area contributed by atoms with Crippen molar-refractivity contribution < 1.29 is 5.11 Å². The van der Waals surface area contributed by atoms with Crippen molar-refractivity contribution >= 4 is 23.0 Å². The SMILES string of the molecule is Oc1ccc(N(CCl)c2ccccc2)cc1. The maximum absolute atomic E-state index is 9.23. The number of anilines is 2. The van der Waals surface area contributed by atoms with Crippen LogP contribution < -0.4 is 4.90 Å². The molecule has 2 aromatic carbocycles. The molecule has 0 fully saturated rings. The number of phenols is 1. The van der Waals surface area contributed by atoms with Crippen LogP contribution >= 0.6 is 11.6 Å². The Morgan fingerprint density at radius 3 is 2.00 bits per heavy atom. The topological polar surface area (TPSA) is 23.5 Å². The fourth-order valence-corrected chi connectivity index (χ4v) is 1.80. The summed E-state index contributed by atoms with van der Waals surface area (Å²) in [6, 6.07) is 17.2. The van der Waals surface area contributed by atoms with Gasteiger partial charge in [-0.3, -0.25) is 0 Å². The van der Waals surface area contributed by atoms with E-state index in [-0.39, 0.29) is 5.75 Å². The Hall–Kier alpha value is -1.67. The van der Waals surface area contributed by atoms with Crippen molar-refractivity contribution in [3.05, 3.63) is 54.6 Å². The van der Waals surface area contributed by atoms with E-state index in [1.54, 1.807) is 12.1 Å². The minimum atomic E-state index is 0.256. The van der Waals surface area contributed by atoms with Gasteiger partial charge in [-0.15, -0.1) is 11.6 Å². The van der Waals surface area contributed by atoms with E-state index < -0.39 is 0 Å². The molecule has 0 unspecified atom stereocenters. The number of phenolic OH excluding ortho intramolecular Hbond substituents is 1. The van der Waals surface area contributed by atoms with E-state index >= 15 is 0 Å². The molecule has 0 aromatic heterocycles. The van der Waals surface area contributed by atoms with E-state index in [4.69, 9.17) is 11.6 Å². The van der Waals surface area contributed by atoms with Crippen molar-refractivity contribution in [2.24, 2.45) is 0 Å². The number of hydrogen-bond acceptors (Lipinski definition) is 2. The molecule has 1 N–H and O–H groups in total. The van der Waals surface area contributed by atoms with E-state index in [1.807, 2.05) is 47.4 Å². The number of rotatable bonds is 3. The number of para-hydroxylation sites is 1. The van der Waals surface area contributed by atoms with Crippen LogP contribution in [0.1, 0.15) is 0 Å². The molecule has 0 aliphatic carbocycles. The molecular formula is C13H12ClNO. The fourth-order valence-electron chi connectivity index (χ4n) is 1.53. The van der Waals surface area contributed by atoms with Gasteiger partial charge in [-0.2, -0.15) is 0 Å². The van der Waals surface area contributed by atoms with Crippen LogP contribution in [0, 0.1) is 0 Å². The molecular weight excluding hydrogens is 222 g/mol. The molecule has 0 spiro atoms. The summed E-state index contributed by atoms with van der Waals surface area (Å²) in [5.74, 6) is 0.256. The van der Waals surface area contributed by atoms with E-state index in [0.717, 1.165) is 11.4 Å². The minimum absolute atomic E-state index is 0.256. The van der Waals surface area contributed by atoms with E-state index in [0.29, 0.717) is 6.00 Å². The first-order chi connectivity index (χ1) is 7.81. The quantitative estimate of drug-likeness (QED) is 0.645. The Kier molecular flexibility index (Phi) is 3.32. The number of halogens is 1.